The van der Waals surface area contributed by atoms with Crippen LogP contribution in [-0.2, 0) is 13.2 Å². The molecule has 4 rings (SSSR count). The standard InChI is InChI=1S/C25H20ClF2N3O6/c1-14(33)30-20-10-15(2-5-19(20)31(25(30)36)22(34)7-9-32)12-29-8-6-21(23(26)24(29)35)37-13-16-3-4-17(27)11-18(16)28/h2-6,8,10-11,32H,7,9,12-13H2,1H3. The maximum Gasteiger partial charge on any atom is 0.342 e. The molecule has 0 atom stereocenters. The van der Waals surface area contributed by atoms with E-state index in [-0.39, 0.29) is 46.9 Å². The smallest absolute Gasteiger partial charge is 0.342 e. The third-order valence-corrected chi connectivity index (χ3v) is 5.96. The van der Waals surface area contributed by atoms with E-state index < -0.39 is 41.3 Å². The molecule has 2 aromatic carbocycles. The van der Waals surface area contributed by atoms with Gasteiger partial charge in [0.25, 0.3) is 5.56 Å². The van der Waals surface area contributed by atoms with Crippen molar-refractivity contribution < 1.29 is 28.2 Å². The van der Waals surface area contributed by atoms with Crippen molar-refractivity contribution in [2.24, 2.45) is 0 Å². The molecule has 0 bridgehead atoms. The molecule has 0 saturated heterocycles. The van der Waals surface area contributed by atoms with Crippen molar-refractivity contribution in [1.82, 2.24) is 13.7 Å². The van der Waals surface area contributed by atoms with Crippen molar-refractivity contribution in [3.8, 4) is 5.75 Å². The summed E-state index contributed by atoms with van der Waals surface area (Å²) in [5.74, 6) is -2.79. The molecule has 9 nitrogen and oxygen atoms in total. The van der Waals surface area contributed by atoms with E-state index in [2.05, 4.69) is 0 Å². The highest BCUT2D eigenvalue weighted by molar-refractivity contribution is 6.31. The Morgan fingerprint density at radius 2 is 1.78 bits per heavy atom. The predicted molar refractivity (Wildman–Crippen MR) is 130 cm³/mol. The van der Waals surface area contributed by atoms with Crippen LogP contribution in [0.25, 0.3) is 11.0 Å². The van der Waals surface area contributed by atoms with Gasteiger partial charge in [-0.1, -0.05) is 17.7 Å². The van der Waals surface area contributed by atoms with Crippen molar-refractivity contribution in [3.63, 3.8) is 0 Å². The van der Waals surface area contributed by atoms with Crippen LogP contribution in [0.3, 0.4) is 0 Å². The summed E-state index contributed by atoms with van der Waals surface area (Å²) in [6, 6.07) is 9.00. The highest BCUT2D eigenvalue weighted by Crippen LogP contribution is 2.23. The molecule has 0 unspecified atom stereocenters. The van der Waals surface area contributed by atoms with E-state index >= 15 is 0 Å². The average molecular weight is 532 g/mol. The summed E-state index contributed by atoms with van der Waals surface area (Å²) in [6.45, 7) is 0.442. The molecule has 0 aliphatic heterocycles. The molecule has 0 spiro atoms. The summed E-state index contributed by atoms with van der Waals surface area (Å²) in [4.78, 5) is 50.0. The second kappa shape index (κ2) is 10.5. The lowest BCUT2D eigenvalue weighted by molar-refractivity contribution is 0.0874. The van der Waals surface area contributed by atoms with Gasteiger partial charge in [-0.15, -0.1) is 0 Å². The van der Waals surface area contributed by atoms with Gasteiger partial charge in [-0.2, -0.15) is 0 Å². The zero-order valence-electron chi connectivity index (χ0n) is 19.4. The number of nitrogens with zero attached hydrogens (tertiary/aromatic N) is 3. The van der Waals surface area contributed by atoms with Gasteiger partial charge in [0.05, 0.1) is 30.6 Å². The number of benzene rings is 2. The Balaban J connectivity index is 1.63. The molecule has 0 amide bonds. The second-order valence-electron chi connectivity index (χ2n) is 8.11. The molecule has 0 saturated carbocycles. The van der Waals surface area contributed by atoms with E-state index in [0.717, 1.165) is 21.3 Å². The van der Waals surface area contributed by atoms with Gasteiger partial charge in [0.1, 0.15) is 29.0 Å². The lowest BCUT2D eigenvalue weighted by atomic mass is 10.2. The lowest BCUT2D eigenvalue weighted by Crippen LogP contribution is -2.31. The Morgan fingerprint density at radius 3 is 2.46 bits per heavy atom. The van der Waals surface area contributed by atoms with Crippen molar-refractivity contribution >= 4 is 34.4 Å². The molecule has 0 aliphatic rings. The molecular formula is C25H20ClF2N3O6. The molecule has 12 heteroatoms. The number of pyridine rings is 1. The van der Waals surface area contributed by atoms with Crippen molar-refractivity contribution in [1.29, 1.82) is 0 Å². The number of hydrogen-bond donors (Lipinski definition) is 1. The maximum absolute atomic E-state index is 13.8. The molecule has 37 heavy (non-hydrogen) atoms. The molecule has 0 radical (unpaired) electrons. The number of aromatic nitrogens is 3. The van der Waals surface area contributed by atoms with Crippen LogP contribution in [0.2, 0.25) is 5.02 Å². The number of halogens is 3. The molecule has 2 heterocycles. The van der Waals surface area contributed by atoms with E-state index in [4.69, 9.17) is 21.4 Å². The van der Waals surface area contributed by atoms with Gasteiger partial charge in [-0.25, -0.2) is 22.7 Å². The summed E-state index contributed by atoms with van der Waals surface area (Å²) in [7, 11) is 0. The number of ether oxygens (including phenoxy) is 1. The highest BCUT2D eigenvalue weighted by Gasteiger charge is 2.21. The fourth-order valence-corrected chi connectivity index (χ4v) is 4.08. The number of aliphatic hydroxyl groups is 1. The first kappa shape index (κ1) is 26.0. The van der Waals surface area contributed by atoms with Crippen molar-refractivity contribution in [3.05, 3.63) is 97.3 Å². The van der Waals surface area contributed by atoms with Crippen LogP contribution in [0.5, 0.6) is 5.75 Å². The van der Waals surface area contributed by atoms with Gasteiger partial charge in [0.15, 0.2) is 0 Å². The van der Waals surface area contributed by atoms with Crippen LogP contribution in [0, 0.1) is 11.6 Å². The molecule has 0 aliphatic carbocycles. The largest absolute Gasteiger partial charge is 0.487 e. The van der Waals surface area contributed by atoms with Crippen LogP contribution in [0.4, 0.5) is 8.78 Å². The number of fused-ring (bicyclic) bond motifs is 1. The fourth-order valence-electron chi connectivity index (χ4n) is 3.85. The average Bonchev–Trinajstić information content (AvgIpc) is 3.14. The van der Waals surface area contributed by atoms with E-state index in [0.29, 0.717) is 5.56 Å². The molecule has 0 fully saturated rings. The van der Waals surface area contributed by atoms with Gasteiger partial charge in [0.2, 0.25) is 11.8 Å². The Bertz CT molecular complexity index is 1660. The summed E-state index contributed by atoms with van der Waals surface area (Å²) in [5.41, 5.74) is -0.507. The third kappa shape index (κ3) is 5.09. The summed E-state index contributed by atoms with van der Waals surface area (Å²) < 4.78 is 35.3. The van der Waals surface area contributed by atoms with Gasteiger partial charge < -0.3 is 14.4 Å². The zero-order chi connectivity index (χ0) is 26.9. The number of carbonyl (C=O) groups is 2. The number of imidazole rings is 1. The number of carbonyl (C=O) groups excluding carboxylic acids is 2. The Morgan fingerprint density at radius 1 is 1.03 bits per heavy atom. The van der Waals surface area contributed by atoms with E-state index in [1.54, 1.807) is 6.07 Å². The van der Waals surface area contributed by atoms with Gasteiger partial charge in [-0.05, 0) is 35.9 Å². The monoisotopic (exact) mass is 531 g/mol. The molecule has 1 N–H and O–H groups in total. The SMILES string of the molecule is CC(=O)n1c(=O)n(C(=O)CCO)c2ccc(Cn3ccc(OCc4ccc(F)cc4F)c(Cl)c3=O)cc21. The molecule has 4 aromatic rings. The number of hydrogen-bond acceptors (Lipinski definition) is 6. The van der Waals surface area contributed by atoms with Crippen molar-refractivity contribution in [2.45, 2.75) is 26.5 Å². The van der Waals surface area contributed by atoms with Crippen LogP contribution in [0.15, 0.2) is 58.3 Å². The first-order valence-electron chi connectivity index (χ1n) is 11.0. The number of aliphatic hydroxyl groups excluding tert-OH is 1. The zero-order valence-corrected chi connectivity index (χ0v) is 20.2. The quantitative estimate of drug-likeness (QED) is 0.392. The van der Waals surface area contributed by atoms with Crippen LogP contribution in [0.1, 0.15) is 34.1 Å². The maximum atomic E-state index is 13.8. The van der Waals surface area contributed by atoms with Crippen molar-refractivity contribution in [2.75, 3.05) is 6.61 Å². The van der Waals surface area contributed by atoms with Crippen LogP contribution < -0.4 is 16.0 Å². The normalized spacial score (nSPS) is 11.2. The van der Waals surface area contributed by atoms with Gasteiger partial charge in [-0.3, -0.25) is 14.4 Å². The lowest BCUT2D eigenvalue weighted by Gasteiger charge is -2.12. The van der Waals surface area contributed by atoms with Crippen LogP contribution >= 0.6 is 11.6 Å². The third-order valence-electron chi connectivity index (χ3n) is 5.62. The summed E-state index contributed by atoms with van der Waals surface area (Å²) >= 11 is 6.18. The molecule has 192 valence electrons. The van der Waals surface area contributed by atoms with Gasteiger partial charge in [0, 0.05) is 24.8 Å². The topological polar surface area (TPSA) is 113 Å². The van der Waals surface area contributed by atoms with Gasteiger partial charge >= 0.3 is 5.69 Å². The Kier molecular flexibility index (Phi) is 7.37. The Labute approximate surface area is 212 Å². The summed E-state index contributed by atoms with van der Waals surface area (Å²) in [5, 5.41) is 8.82. The van der Waals surface area contributed by atoms with Crippen LogP contribution in [-0.4, -0.2) is 37.2 Å². The minimum Gasteiger partial charge on any atom is -0.487 e. The summed E-state index contributed by atoms with van der Waals surface area (Å²) in [6.07, 6.45) is 1.11. The van der Waals surface area contributed by atoms with E-state index in [1.807, 2.05) is 0 Å². The highest BCUT2D eigenvalue weighted by atomic mass is 35.5. The minimum absolute atomic E-state index is 0.00320. The van der Waals surface area contributed by atoms with E-state index in [9.17, 15) is 28.0 Å². The first-order valence-corrected chi connectivity index (χ1v) is 11.4. The predicted octanol–water partition coefficient (Wildman–Crippen LogP) is 3.21. The second-order valence-corrected chi connectivity index (χ2v) is 8.49. The molecule has 2 aromatic heterocycles. The molecular weight excluding hydrogens is 512 g/mol. The number of rotatable bonds is 7. The van der Waals surface area contributed by atoms with E-state index in [1.165, 1.54) is 42.0 Å². The minimum atomic E-state index is -0.850. The Hall–Kier alpha value is -4.09. The fraction of sp³-hybridized carbons (Fsp3) is 0.200. The first-order chi connectivity index (χ1) is 17.6.